The van der Waals surface area contributed by atoms with Gasteiger partial charge in [-0.3, -0.25) is 4.31 Å². The molecule has 4 aromatic rings. The van der Waals surface area contributed by atoms with Gasteiger partial charge in [-0.1, -0.05) is 6.07 Å². The summed E-state index contributed by atoms with van der Waals surface area (Å²) in [4.78, 5) is 15.8. The van der Waals surface area contributed by atoms with Crippen LogP contribution in [0.25, 0.3) is 11.0 Å². The molecule has 0 saturated carbocycles. The minimum Gasteiger partial charge on any atom is -0.369 e. The Labute approximate surface area is 210 Å². The Morgan fingerprint density at radius 2 is 1.97 bits per heavy atom. The van der Waals surface area contributed by atoms with E-state index in [1.165, 1.54) is 17.0 Å². The van der Waals surface area contributed by atoms with Gasteiger partial charge >= 0.3 is 0 Å². The molecule has 36 heavy (non-hydrogen) atoms. The summed E-state index contributed by atoms with van der Waals surface area (Å²) in [6.07, 6.45) is 6.13. The first kappa shape index (κ1) is 23.9. The fourth-order valence-corrected chi connectivity index (χ4v) is 4.73. The fraction of sp³-hybridized carbons (Fsp3) is 0.333. The van der Waals surface area contributed by atoms with Gasteiger partial charge in [0.1, 0.15) is 5.82 Å². The van der Waals surface area contributed by atoms with Crippen LogP contribution < -0.4 is 19.8 Å². The maximum atomic E-state index is 12.1. The fourth-order valence-electron chi connectivity index (χ4n) is 4.25. The average molecular weight is 508 g/mol. The predicted molar refractivity (Wildman–Crippen MR) is 141 cm³/mol. The topological polar surface area (TPSA) is 121 Å². The van der Waals surface area contributed by atoms with Crippen molar-refractivity contribution in [1.29, 1.82) is 0 Å². The molecule has 2 N–H and O–H groups in total. The van der Waals surface area contributed by atoms with Gasteiger partial charge < -0.3 is 15.5 Å². The molecule has 1 fully saturated rings. The number of fused-ring (bicyclic) bond motifs is 1. The Balaban J connectivity index is 1.36. The molecule has 1 saturated heterocycles. The van der Waals surface area contributed by atoms with Gasteiger partial charge in [-0.15, -0.1) is 0 Å². The summed E-state index contributed by atoms with van der Waals surface area (Å²) in [6.45, 7) is 5.45. The van der Waals surface area contributed by atoms with Crippen molar-refractivity contribution in [3.05, 3.63) is 60.6 Å². The number of anilines is 4. The highest BCUT2D eigenvalue weighted by Gasteiger charge is 2.19. The lowest BCUT2D eigenvalue weighted by molar-refractivity contribution is 0.485. The molecule has 0 bridgehead atoms. The number of nitrogens with zero attached hydrogens (tertiary/aromatic N) is 7. The highest BCUT2D eigenvalue weighted by Crippen LogP contribution is 2.23. The van der Waals surface area contributed by atoms with Crippen molar-refractivity contribution in [1.82, 2.24) is 30.0 Å². The Kier molecular flexibility index (Phi) is 6.46. The molecule has 5 rings (SSSR count). The SMILES string of the molecule is C[C@H]1CN(c2ccc(Nc3ncc4cnn(Cc5cccnc5N(C)S(C)(=O)=O)c4n3)cc2)CCN1. The van der Waals surface area contributed by atoms with Crippen LogP contribution in [0.15, 0.2) is 55.0 Å². The molecular weight excluding hydrogens is 478 g/mol. The van der Waals surface area contributed by atoms with E-state index in [0.29, 0.717) is 35.6 Å². The van der Waals surface area contributed by atoms with Crippen molar-refractivity contribution in [2.45, 2.75) is 19.5 Å². The third kappa shape index (κ3) is 5.09. The van der Waals surface area contributed by atoms with E-state index >= 15 is 0 Å². The molecule has 0 aliphatic carbocycles. The summed E-state index contributed by atoms with van der Waals surface area (Å²) in [7, 11) is -1.97. The lowest BCUT2D eigenvalue weighted by atomic mass is 10.2. The van der Waals surface area contributed by atoms with Crippen LogP contribution in [-0.4, -0.2) is 72.1 Å². The average Bonchev–Trinajstić information content (AvgIpc) is 3.26. The molecule has 0 amide bonds. The number of rotatable bonds is 7. The number of pyridine rings is 1. The third-order valence-electron chi connectivity index (χ3n) is 6.22. The van der Waals surface area contributed by atoms with Crippen LogP contribution in [0.1, 0.15) is 12.5 Å². The molecule has 0 radical (unpaired) electrons. The molecule has 1 atom stereocenters. The Hall–Kier alpha value is -3.77. The van der Waals surface area contributed by atoms with Gasteiger partial charge in [0.2, 0.25) is 16.0 Å². The molecule has 3 aromatic heterocycles. The molecule has 12 heteroatoms. The van der Waals surface area contributed by atoms with E-state index in [9.17, 15) is 8.42 Å². The zero-order valence-electron chi connectivity index (χ0n) is 20.5. The monoisotopic (exact) mass is 507 g/mol. The smallest absolute Gasteiger partial charge is 0.233 e. The first-order valence-electron chi connectivity index (χ1n) is 11.7. The van der Waals surface area contributed by atoms with E-state index in [1.807, 2.05) is 18.2 Å². The van der Waals surface area contributed by atoms with Crippen LogP contribution in [0.4, 0.5) is 23.1 Å². The number of nitrogens with one attached hydrogen (secondary N) is 2. The number of hydrogen-bond donors (Lipinski definition) is 2. The van der Waals surface area contributed by atoms with Crippen molar-refractivity contribution in [3.63, 3.8) is 0 Å². The van der Waals surface area contributed by atoms with Crippen molar-refractivity contribution in [2.75, 3.05) is 47.5 Å². The summed E-state index contributed by atoms with van der Waals surface area (Å²) in [5, 5.41) is 12.0. The van der Waals surface area contributed by atoms with Crippen molar-refractivity contribution in [2.24, 2.45) is 0 Å². The molecule has 4 heterocycles. The molecule has 1 aromatic carbocycles. The molecular formula is C24H29N9O2S. The lowest BCUT2D eigenvalue weighted by Gasteiger charge is -2.33. The maximum Gasteiger partial charge on any atom is 0.233 e. The van der Waals surface area contributed by atoms with Crippen LogP contribution in [-0.2, 0) is 16.6 Å². The third-order valence-corrected chi connectivity index (χ3v) is 7.39. The summed E-state index contributed by atoms with van der Waals surface area (Å²) in [6, 6.07) is 12.3. The predicted octanol–water partition coefficient (Wildman–Crippen LogP) is 2.21. The molecule has 0 spiro atoms. The number of hydrogen-bond acceptors (Lipinski definition) is 9. The second-order valence-corrected chi connectivity index (χ2v) is 11.0. The number of benzene rings is 1. The van der Waals surface area contributed by atoms with Gasteiger partial charge in [0.05, 0.1) is 24.4 Å². The van der Waals surface area contributed by atoms with E-state index < -0.39 is 10.0 Å². The normalized spacial score (nSPS) is 16.3. The van der Waals surface area contributed by atoms with Crippen LogP contribution >= 0.6 is 0 Å². The van der Waals surface area contributed by atoms with Gasteiger partial charge in [0, 0.05) is 62.1 Å². The quantitative estimate of drug-likeness (QED) is 0.388. The van der Waals surface area contributed by atoms with Crippen LogP contribution in [0.5, 0.6) is 0 Å². The summed E-state index contributed by atoms with van der Waals surface area (Å²) >= 11 is 0. The highest BCUT2D eigenvalue weighted by molar-refractivity contribution is 7.92. The van der Waals surface area contributed by atoms with Gasteiger partial charge in [-0.25, -0.2) is 23.1 Å². The lowest BCUT2D eigenvalue weighted by Crippen LogP contribution is -2.49. The summed E-state index contributed by atoms with van der Waals surface area (Å²) in [5.41, 5.74) is 3.42. The van der Waals surface area contributed by atoms with E-state index in [4.69, 9.17) is 0 Å². The minimum atomic E-state index is -3.45. The van der Waals surface area contributed by atoms with Crippen molar-refractivity contribution >= 4 is 44.2 Å². The Morgan fingerprint density at radius 1 is 1.17 bits per heavy atom. The highest BCUT2D eigenvalue weighted by atomic mass is 32.2. The number of sulfonamides is 1. The first-order valence-corrected chi connectivity index (χ1v) is 13.5. The molecule has 11 nitrogen and oxygen atoms in total. The number of aromatic nitrogens is 5. The second kappa shape index (κ2) is 9.70. The molecule has 188 valence electrons. The van der Waals surface area contributed by atoms with E-state index in [1.54, 1.807) is 29.3 Å². The van der Waals surface area contributed by atoms with E-state index in [2.05, 4.69) is 54.6 Å². The zero-order valence-corrected chi connectivity index (χ0v) is 21.3. The minimum absolute atomic E-state index is 0.306. The van der Waals surface area contributed by atoms with Crippen molar-refractivity contribution < 1.29 is 8.42 Å². The van der Waals surface area contributed by atoms with Gasteiger partial charge in [-0.05, 0) is 37.3 Å². The van der Waals surface area contributed by atoms with E-state index in [0.717, 1.165) is 37.0 Å². The first-order chi connectivity index (χ1) is 17.3. The zero-order chi connectivity index (χ0) is 25.3. The van der Waals surface area contributed by atoms with Gasteiger partial charge in [-0.2, -0.15) is 10.1 Å². The standard InChI is InChI=1S/C24H29N9O2S/c1-17-15-32(12-11-25-17)21-8-6-20(7-9-21)29-24-27-13-19-14-28-33(23(19)30-24)16-18-5-4-10-26-22(18)31(2)36(3,34)35/h4-10,13-14,17,25H,11-12,15-16H2,1-3H3,(H,27,29,30)/t17-/m0/s1. The Morgan fingerprint density at radius 3 is 2.72 bits per heavy atom. The van der Waals surface area contributed by atoms with Gasteiger partial charge in [0.25, 0.3) is 0 Å². The van der Waals surface area contributed by atoms with Crippen LogP contribution in [0, 0.1) is 0 Å². The largest absolute Gasteiger partial charge is 0.369 e. The van der Waals surface area contributed by atoms with Gasteiger partial charge in [0.15, 0.2) is 5.65 Å². The number of piperazine rings is 1. The second-order valence-electron chi connectivity index (χ2n) is 8.96. The van der Waals surface area contributed by atoms with Crippen LogP contribution in [0.2, 0.25) is 0 Å². The molecule has 0 unspecified atom stereocenters. The van der Waals surface area contributed by atoms with E-state index in [-0.39, 0.29) is 0 Å². The summed E-state index contributed by atoms with van der Waals surface area (Å²) < 4.78 is 27.0. The molecule has 1 aliphatic rings. The molecule has 1 aliphatic heterocycles. The maximum absolute atomic E-state index is 12.1. The summed E-state index contributed by atoms with van der Waals surface area (Å²) in [5.74, 6) is 0.808. The Bertz CT molecular complexity index is 1470. The van der Waals surface area contributed by atoms with Crippen molar-refractivity contribution in [3.8, 4) is 0 Å². The van der Waals surface area contributed by atoms with Crippen LogP contribution in [0.3, 0.4) is 0 Å².